The third-order valence-electron chi connectivity index (χ3n) is 3.29. The van der Waals surface area contributed by atoms with E-state index in [4.69, 9.17) is 0 Å². The second-order valence-corrected chi connectivity index (χ2v) is 4.96. The van der Waals surface area contributed by atoms with Crippen LogP contribution in [0, 0.1) is 0 Å². The van der Waals surface area contributed by atoms with Gasteiger partial charge in [-0.15, -0.1) is 0 Å². The van der Waals surface area contributed by atoms with Gasteiger partial charge in [-0.05, 0) is 19.3 Å². The summed E-state index contributed by atoms with van der Waals surface area (Å²) in [7, 11) is 0. The van der Waals surface area contributed by atoms with Crippen LogP contribution in [0.15, 0.2) is 6.33 Å². The Kier molecular flexibility index (Phi) is 5.15. The van der Waals surface area contributed by atoms with Crippen molar-refractivity contribution in [2.45, 2.75) is 52.5 Å². The van der Waals surface area contributed by atoms with Crippen LogP contribution in [0.1, 0.15) is 46.5 Å². The monoisotopic (exact) mass is 276 g/mol. The molecule has 0 aliphatic rings. The number of fused-ring (bicyclic) bond motifs is 1. The molecule has 110 valence electrons. The fourth-order valence-electron chi connectivity index (χ4n) is 2.17. The minimum absolute atomic E-state index is 0.431. The lowest BCUT2D eigenvalue weighted by Gasteiger charge is -2.17. The molecule has 0 radical (unpaired) electrons. The second-order valence-electron chi connectivity index (χ2n) is 4.96. The van der Waals surface area contributed by atoms with Gasteiger partial charge in [-0.1, -0.05) is 27.2 Å². The maximum absolute atomic E-state index is 4.58. The Morgan fingerprint density at radius 2 is 2.05 bits per heavy atom. The summed E-state index contributed by atoms with van der Waals surface area (Å²) >= 11 is 0. The van der Waals surface area contributed by atoms with E-state index in [1.165, 1.54) is 0 Å². The molecule has 2 aromatic rings. The fourth-order valence-corrected chi connectivity index (χ4v) is 2.17. The van der Waals surface area contributed by atoms with E-state index < -0.39 is 0 Å². The Morgan fingerprint density at radius 3 is 2.75 bits per heavy atom. The Bertz CT molecular complexity index is 535. The minimum Gasteiger partial charge on any atom is -0.365 e. The van der Waals surface area contributed by atoms with Crippen molar-refractivity contribution in [1.29, 1.82) is 0 Å². The van der Waals surface area contributed by atoms with E-state index in [0.29, 0.717) is 17.6 Å². The Morgan fingerprint density at radius 1 is 1.20 bits per heavy atom. The minimum atomic E-state index is 0.431. The average Bonchev–Trinajstić information content (AvgIpc) is 2.93. The van der Waals surface area contributed by atoms with Gasteiger partial charge in [0.1, 0.15) is 5.52 Å². The largest absolute Gasteiger partial charge is 0.365 e. The quantitative estimate of drug-likeness (QED) is 0.690. The Balaban J connectivity index is 2.26. The molecular formula is C14H24N6. The predicted molar refractivity (Wildman–Crippen MR) is 83.1 cm³/mol. The standard InChI is InChI=1S/C14H24N6/c1-4-7-10(6-3)18-13-11-12(17-9-16-11)19-14(20-13)15-8-5-2/h9-10H,4-8H2,1-3H3,(H3,15,16,17,18,19,20). The molecule has 0 saturated heterocycles. The van der Waals surface area contributed by atoms with Crippen LogP contribution in [0.2, 0.25) is 0 Å². The summed E-state index contributed by atoms with van der Waals surface area (Å²) < 4.78 is 0. The zero-order chi connectivity index (χ0) is 14.4. The fraction of sp³-hybridized carbons (Fsp3) is 0.643. The van der Waals surface area contributed by atoms with E-state index in [0.717, 1.165) is 43.6 Å². The predicted octanol–water partition coefficient (Wildman–Crippen LogP) is 3.17. The van der Waals surface area contributed by atoms with Gasteiger partial charge in [0.25, 0.3) is 0 Å². The molecule has 0 aromatic carbocycles. The van der Waals surface area contributed by atoms with Crippen molar-refractivity contribution in [2.75, 3.05) is 17.2 Å². The molecule has 0 fully saturated rings. The van der Waals surface area contributed by atoms with Crippen LogP contribution in [0.25, 0.3) is 11.2 Å². The highest BCUT2D eigenvalue weighted by Crippen LogP contribution is 2.21. The van der Waals surface area contributed by atoms with Crippen molar-refractivity contribution in [1.82, 2.24) is 19.9 Å². The topological polar surface area (TPSA) is 78.5 Å². The Hall–Kier alpha value is -1.85. The lowest BCUT2D eigenvalue weighted by atomic mass is 10.1. The third-order valence-corrected chi connectivity index (χ3v) is 3.29. The summed E-state index contributed by atoms with van der Waals surface area (Å²) in [5.41, 5.74) is 1.58. The molecule has 6 heteroatoms. The summed E-state index contributed by atoms with van der Waals surface area (Å²) in [5, 5.41) is 6.74. The number of aromatic amines is 1. The maximum Gasteiger partial charge on any atom is 0.226 e. The summed E-state index contributed by atoms with van der Waals surface area (Å²) in [6, 6.07) is 0.431. The van der Waals surface area contributed by atoms with E-state index in [2.05, 4.69) is 51.3 Å². The van der Waals surface area contributed by atoms with Crippen molar-refractivity contribution in [2.24, 2.45) is 0 Å². The van der Waals surface area contributed by atoms with Crippen LogP contribution in [0.5, 0.6) is 0 Å². The number of nitrogens with zero attached hydrogens (tertiary/aromatic N) is 3. The van der Waals surface area contributed by atoms with Crippen molar-refractivity contribution in [3.63, 3.8) is 0 Å². The molecule has 0 aliphatic heterocycles. The van der Waals surface area contributed by atoms with E-state index in [1.807, 2.05) is 0 Å². The first-order valence-corrected chi connectivity index (χ1v) is 7.49. The third kappa shape index (κ3) is 3.37. The second kappa shape index (κ2) is 7.07. The first kappa shape index (κ1) is 14.6. The molecule has 0 bridgehead atoms. The average molecular weight is 276 g/mol. The summed E-state index contributed by atoms with van der Waals surface area (Å²) in [5.74, 6) is 1.48. The number of H-pyrrole nitrogens is 1. The molecular weight excluding hydrogens is 252 g/mol. The highest BCUT2D eigenvalue weighted by Gasteiger charge is 2.13. The number of rotatable bonds is 8. The van der Waals surface area contributed by atoms with Gasteiger partial charge in [-0.2, -0.15) is 9.97 Å². The highest BCUT2D eigenvalue weighted by atomic mass is 15.2. The van der Waals surface area contributed by atoms with Gasteiger partial charge in [0, 0.05) is 12.6 Å². The number of hydrogen-bond donors (Lipinski definition) is 3. The van der Waals surface area contributed by atoms with Gasteiger partial charge >= 0.3 is 0 Å². The molecule has 1 atom stereocenters. The zero-order valence-corrected chi connectivity index (χ0v) is 12.5. The van der Waals surface area contributed by atoms with Crippen molar-refractivity contribution < 1.29 is 0 Å². The van der Waals surface area contributed by atoms with E-state index in [1.54, 1.807) is 6.33 Å². The summed E-state index contributed by atoms with van der Waals surface area (Å²) in [6.45, 7) is 7.37. The smallest absolute Gasteiger partial charge is 0.226 e. The van der Waals surface area contributed by atoms with Gasteiger partial charge in [-0.3, -0.25) is 0 Å². The van der Waals surface area contributed by atoms with Gasteiger partial charge in [0.05, 0.1) is 6.33 Å². The lowest BCUT2D eigenvalue weighted by Crippen LogP contribution is -2.19. The molecule has 0 spiro atoms. The number of anilines is 2. The molecule has 2 rings (SSSR count). The summed E-state index contributed by atoms with van der Waals surface area (Å²) in [6.07, 6.45) is 6.07. The van der Waals surface area contributed by atoms with Crippen LogP contribution in [-0.4, -0.2) is 32.5 Å². The highest BCUT2D eigenvalue weighted by molar-refractivity contribution is 5.83. The van der Waals surface area contributed by atoms with Crippen LogP contribution in [0.3, 0.4) is 0 Å². The first-order valence-electron chi connectivity index (χ1n) is 7.49. The Labute approximate surface area is 119 Å². The van der Waals surface area contributed by atoms with Crippen molar-refractivity contribution in [3.8, 4) is 0 Å². The first-order chi connectivity index (χ1) is 9.78. The molecule has 0 saturated carbocycles. The van der Waals surface area contributed by atoms with Crippen LogP contribution >= 0.6 is 0 Å². The van der Waals surface area contributed by atoms with Crippen molar-refractivity contribution >= 4 is 22.9 Å². The molecule has 0 aliphatic carbocycles. The normalized spacial score (nSPS) is 12.6. The number of hydrogen-bond acceptors (Lipinski definition) is 5. The van der Waals surface area contributed by atoms with Crippen LogP contribution in [0.4, 0.5) is 11.8 Å². The van der Waals surface area contributed by atoms with Gasteiger partial charge in [0.15, 0.2) is 11.5 Å². The molecule has 6 nitrogen and oxygen atoms in total. The molecule has 1 unspecified atom stereocenters. The maximum atomic E-state index is 4.58. The number of nitrogens with one attached hydrogen (secondary N) is 3. The summed E-state index contributed by atoms with van der Waals surface area (Å²) in [4.78, 5) is 16.3. The SMILES string of the molecule is CCCNc1nc(NC(CC)CCC)c2[nH]cnc2n1. The van der Waals surface area contributed by atoms with Crippen LogP contribution < -0.4 is 10.6 Å². The molecule has 0 amide bonds. The zero-order valence-electron chi connectivity index (χ0n) is 12.5. The van der Waals surface area contributed by atoms with Gasteiger partial charge in [-0.25, -0.2) is 4.98 Å². The van der Waals surface area contributed by atoms with Gasteiger partial charge < -0.3 is 15.6 Å². The van der Waals surface area contributed by atoms with E-state index in [-0.39, 0.29) is 0 Å². The van der Waals surface area contributed by atoms with Crippen LogP contribution in [-0.2, 0) is 0 Å². The molecule has 3 N–H and O–H groups in total. The lowest BCUT2D eigenvalue weighted by molar-refractivity contribution is 0.621. The van der Waals surface area contributed by atoms with Gasteiger partial charge in [0.2, 0.25) is 5.95 Å². The molecule has 20 heavy (non-hydrogen) atoms. The van der Waals surface area contributed by atoms with E-state index in [9.17, 15) is 0 Å². The molecule has 2 aromatic heterocycles. The number of imidazole rings is 1. The van der Waals surface area contributed by atoms with E-state index >= 15 is 0 Å². The van der Waals surface area contributed by atoms with Crippen molar-refractivity contribution in [3.05, 3.63) is 6.33 Å². The molecule has 2 heterocycles. The number of aromatic nitrogens is 4.